The lowest BCUT2D eigenvalue weighted by molar-refractivity contribution is -0.145. The molecule has 0 atom stereocenters. The Morgan fingerprint density at radius 1 is 0.476 bits per heavy atom. The van der Waals surface area contributed by atoms with Crippen molar-refractivity contribution in [3.05, 3.63) is 0 Å². The zero-order valence-electron chi connectivity index (χ0n) is 25.4. The summed E-state index contributed by atoms with van der Waals surface area (Å²) in [4.78, 5) is 42.4. The maximum atomic E-state index is 10.7. The first-order chi connectivity index (χ1) is 18.2. The standard InChI is InChI=1S/C8H16O3.C7H14O2S.C7H14O2.C6H12O2.4CH4/c1-3-5-8(9)11-7-6-10-4-2;1-3-5-9-7(8)4-6-10-2;1-3-5-7(8)9-6-4-2;1-3-5-8-6(7)4-2;;;;/h3-7H2,1-2H3;3-6H2,1-2H3;3-6H2,1-2H3;3-5H2,1-2H3;4*1H4. The van der Waals surface area contributed by atoms with Crippen molar-refractivity contribution >= 4 is 35.6 Å². The maximum Gasteiger partial charge on any atom is 0.306 e. The number of hydrogen-bond acceptors (Lipinski definition) is 10. The number of esters is 4. The molecule has 0 heterocycles. The van der Waals surface area contributed by atoms with Gasteiger partial charge in [0, 0.05) is 31.6 Å². The highest BCUT2D eigenvalue weighted by Crippen LogP contribution is 1.97. The number of rotatable bonds is 18. The average molecular weight is 633 g/mol. The van der Waals surface area contributed by atoms with Crippen LogP contribution in [0.2, 0.25) is 0 Å². The number of carbonyl (C=O) groups excluding carboxylic acids is 4. The van der Waals surface area contributed by atoms with E-state index in [9.17, 15) is 19.2 Å². The lowest BCUT2D eigenvalue weighted by atomic mass is 10.3. The van der Waals surface area contributed by atoms with E-state index in [1.54, 1.807) is 18.7 Å². The van der Waals surface area contributed by atoms with Crippen LogP contribution in [0.15, 0.2) is 0 Å². The van der Waals surface area contributed by atoms with Crippen molar-refractivity contribution < 1.29 is 42.9 Å². The van der Waals surface area contributed by atoms with Gasteiger partial charge < -0.3 is 23.7 Å². The SMILES string of the molecule is C.C.C.C.CCCC(=O)OCCOCC.CCCOC(=O)CC.CCCOC(=O)CCC.CCCOC(=O)CCSC. The van der Waals surface area contributed by atoms with Crippen molar-refractivity contribution in [2.45, 2.75) is 136 Å². The van der Waals surface area contributed by atoms with E-state index in [1.165, 1.54) is 0 Å². The Morgan fingerprint density at radius 2 is 0.833 bits per heavy atom. The molecule has 0 fully saturated rings. The third kappa shape index (κ3) is 66.5. The van der Waals surface area contributed by atoms with Gasteiger partial charge >= 0.3 is 23.9 Å². The first kappa shape index (κ1) is 59.6. The second kappa shape index (κ2) is 55.2. The predicted molar refractivity (Wildman–Crippen MR) is 181 cm³/mol. The van der Waals surface area contributed by atoms with Gasteiger partial charge in [0.2, 0.25) is 0 Å². The first-order valence-electron chi connectivity index (χ1n) is 13.9. The Morgan fingerprint density at radius 3 is 1.14 bits per heavy atom. The number of carbonyl (C=O) groups is 4. The summed E-state index contributed by atoms with van der Waals surface area (Å²) in [5.74, 6) is 0.484. The van der Waals surface area contributed by atoms with Crippen LogP contribution in [-0.4, -0.2) is 75.5 Å². The molecule has 0 N–H and O–H groups in total. The molecular formula is C32H72O9S. The summed E-state index contributed by atoms with van der Waals surface area (Å²) in [6, 6.07) is 0. The van der Waals surface area contributed by atoms with Crippen LogP contribution < -0.4 is 0 Å². The molecule has 10 heteroatoms. The molecule has 0 radical (unpaired) electrons. The van der Waals surface area contributed by atoms with Gasteiger partial charge in [0.15, 0.2) is 0 Å². The summed E-state index contributed by atoms with van der Waals surface area (Å²) in [5, 5.41) is 0. The van der Waals surface area contributed by atoms with Crippen LogP contribution in [0.1, 0.15) is 136 Å². The topological polar surface area (TPSA) is 114 Å². The third-order valence-corrected chi connectivity index (χ3v) is 4.42. The molecule has 0 aliphatic heterocycles. The van der Waals surface area contributed by atoms with Crippen LogP contribution in [0.5, 0.6) is 0 Å². The van der Waals surface area contributed by atoms with E-state index in [2.05, 4.69) is 0 Å². The highest BCUT2D eigenvalue weighted by atomic mass is 32.2. The van der Waals surface area contributed by atoms with Gasteiger partial charge in [-0.1, -0.05) is 71.2 Å². The van der Waals surface area contributed by atoms with Crippen molar-refractivity contribution in [3.63, 3.8) is 0 Å². The Kier molecular flexibility index (Phi) is 78.2. The quantitative estimate of drug-likeness (QED) is 0.0825. The van der Waals surface area contributed by atoms with Gasteiger partial charge in [-0.3, -0.25) is 19.2 Å². The molecule has 0 bridgehead atoms. The lowest BCUT2D eigenvalue weighted by Gasteiger charge is -2.02. The van der Waals surface area contributed by atoms with Crippen LogP contribution in [0.25, 0.3) is 0 Å². The van der Waals surface area contributed by atoms with Crippen molar-refractivity contribution in [1.82, 2.24) is 0 Å². The Labute approximate surface area is 265 Å². The molecule has 0 saturated heterocycles. The maximum absolute atomic E-state index is 10.7. The van der Waals surface area contributed by atoms with Gasteiger partial charge in [0.25, 0.3) is 0 Å². The zero-order valence-corrected chi connectivity index (χ0v) is 26.2. The fourth-order valence-corrected chi connectivity index (χ4v) is 2.29. The van der Waals surface area contributed by atoms with Crippen LogP contribution in [0, 0.1) is 0 Å². The summed E-state index contributed by atoms with van der Waals surface area (Å²) < 4.78 is 24.1. The fourth-order valence-electron chi connectivity index (χ4n) is 1.92. The van der Waals surface area contributed by atoms with Gasteiger partial charge in [-0.25, -0.2) is 0 Å². The smallest absolute Gasteiger partial charge is 0.306 e. The van der Waals surface area contributed by atoms with E-state index >= 15 is 0 Å². The van der Waals surface area contributed by atoms with Gasteiger partial charge in [0.1, 0.15) is 6.61 Å². The lowest BCUT2D eigenvalue weighted by Crippen LogP contribution is -2.09. The van der Waals surface area contributed by atoms with Crippen molar-refractivity contribution in [2.75, 3.05) is 51.6 Å². The van der Waals surface area contributed by atoms with Crippen molar-refractivity contribution in [1.29, 1.82) is 0 Å². The molecule has 0 saturated carbocycles. The number of thioether (sulfide) groups is 1. The largest absolute Gasteiger partial charge is 0.466 e. The molecule has 0 aliphatic carbocycles. The second-order valence-electron chi connectivity index (χ2n) is 7.68. The Bertz CT molecular complexity index is 520. The van der Waals surface area contributed by atoms with Gasteiger partial charge in [-0.15, -0.1) is 0 Å². The Hall–Kier alpha value is -1.81. The van der Waals surface area contributed by atoms with E-state index in [0.29, 0.717) is 65.3 Å². The Balaban J connectivity index is -0.0000000596. The summed E-state index contributed by atoms with van der Waals surface area (Å²) in [5.41, 5.74) is 0. The van der Waals surface area contributed by atoms with E-state index in [0.717, 1.165) is 37.9 Å². The van der Waals surface area contributed by atoms with E-state index < -0.39 is 0 Å². The molecule has 0 amide bonds. The van der Waals surface area contributed by atoms with Crippen molar-refractivity contribution in [3.8, 4) is 0 Å². The van der Waals surface area contributed by atoms with Crippen LogP contribution in [0.3, 0.4) is 0 Å². The molecule has 0 aromatic heterocycles. The molecule has 9 nitrogen and oxygen atoms in total. The summed E-state index contributed by atoms with van der Waals surface area (Å²) in [6.45, 7) is 16.8. The molecule has 260 valence electrons. The van der Waals surface area contributed by atoms with Gasteiger partial charge in [-0.05, 0) is 45.3 Å². The second-order valence-corrected chi connectivity index (χ2v) is 8.66. The molecule has 0 rings (SSSR count). The molecule has 0 aromatic rings. The minimum Gasteiger partial charge on any atom is -0.466 e. The van der Waals surface area contributed by atoms with Gasteiger partial charge in [-0.2, -0.15) is 11.8 Å². The summed E-state index contributed by atoms with van der Waals surface area (Å²) in [7, 11) is 0. The molecule has 0 aromatic carbocycles. The molecule has 42 heavy (non-hydrogen) atoms. The van der Waals surface area contributed by atoms with Crippen LogP contribution in [-0.2, 0) is 42.9 Å². The van der Waals surface area contributed by atoms with E-state index in [-0.39, 0.29) is 53.6 Å². The minimum absolute atomic E-state index is 0. The third-order valence-electron chi connectivity index (χ3n) is 3.80. The minimum atomic E-state index is -0.132. The fraction of sp³-hybridized carbons (Fsp3) is 0.875. The normalized spacial score (nSPS) is 8.38. The average Bonchev–Trinajstić information content (AvgIpc) is 2.92. The molecular weight excluding hydrogens is 560 g/mol. The predicted octanol–water partition coefficient (Wildman–Crippen LogP) is 8.69. The molecule has 0 aliphatic rings. The highest BCUT2D eigenvalue weighted by Gasteiger charge is 2.00. The molecule has 0 spiro atoms. The summed E-state index contributed by atoms with van der Waals surface area (Å²) >= 11 is 1.66. The van der Waals surface area contributed by atoms with Crippen molar-refractivity contribution in [2.24, 2.45) is 0 Å². The van der Waals surface area contributed by atoms with Crippen LogP contribution >= 0.6 is 11.8 Å². The highest BCUT2D eigenvalue weighted by molar-refractivity contribution is 7.98. The van der Waals surface area contributed by atoms with E-state index in [1.807, 2.05) is 47.8 Å². The van der Waals surface area contributed by atoms with E-state index in [4.69, 9.17) is 23.7 Å². The molecule has 0 unspecified atom stereocenters. The zero-order chi connectivity index (χ0) is 29.9. The summed E-state index contributed by atoms with van der Waals surface area (Å²) in [6.07, 6.45) is 8.52. The number of ether oxygens (including phenoxy) is 5. The van der Waals surface area contributed by atoms with Gasteiger partial charge in [0.05, 0.1) is 32.8 Å². The monoisotopic (exact) mass is 632 g/mol. The number of hydrogen-bond donors (Lipinski definition) is 0. The van der Waals surface area contributed by atoms with Crippen LogP contribution in [0.4, 0.5) is 0 Å². The first-order valence-corrected chi connectivity index (χ1v) is 15.3.